The fraction of sp³-hybridized carbons (Fsp3) is 0.350. The number of aromatic nitrogens is 5. The zero-order valence-corrected chi connectivity index (χ0v) is 15.9. The number of hydrogen-bond donors (Lipinski definition) is 0. The molecule has 0 saturated carbocycles. The fourth-order valence-corrected chi connectivity index (χ4v) is 3.52. The molecule has 1 amide bonds. The van der Waals surface area contributed by atoms with Gasteiger partial charge in [-0.25, -0.2) is 4.98 Å². The molecule has 1 aliphatic rings. The van der Waals surface area contributed by atoms with E-state index in [2.05, 4.69) is 20.3 Å². The Labute approximate surface area is 163 Å². The van der Waals surface area contributed by atoms with Crippen molar-refractivity contribution in [3.8, 4) is 0 Å². The Balaban J connectivity index is 1.50. The van der Waals surface area contributed by atoms with Gasteiger partial charge in [-0.1, -0.05) is 17.3 Å². The molecule has 1 atom stereocenters. The number of nitrogens with zero attached hydrogens (tertiary/aromatic N) is 6. The lowest BCUT2D eigenvalue weighted by Crippen LogP contribution is -2.40. The minimum Gasteiger partial charge on any atom is -0.374 e. The molecule has 0 aromatic carbocycles. The molecular formula is C20H22N6O2. The summed E-state index contributed by atoms with van der Waals surface area (Å²) in [5, 5.41) is 8.39. The summed E-state index contributed by atoms with van der Waals surface area (Å²) in [4.78, 5) is 23.4. The summed E-state index contributed by atoms with van der Waals surface area (Å²) < 4.78 is 7.68. The highest BCUT2D eigenvalue weighted by atomic mass is 16.5. The van der Waals surface area contributed by atoms with Crippen LogP contribution in [0.5, 0.6) is 0 Å². The van der Waals surface area contributed by atoms with Crippen LogP contribution in [0.1, 0.15) is 39.2 Å². The molecule has 144 valence electrons. The lowest BCUT2D eigenvalue weighted by molar-refractivity contribution is 0.0598. The normalized spacial score (nSPS) is 16.1. The summed E-state index contributed by atoms with van der Waals surface area (Å²) >= 11 is 0. The highest BCUT2D eigenvalue weighted by molar-refractivity contribution is 5.92. The molecule has 3 aromatic heterocycles. The number of aryl methyl sites for hydroxylation is 2. The van der Waals surface area contributed by atoms with Crippen molar-refractivity contribution in [2.75, 3.05) is 13.2 Å². The van der Waals surface area contributed by atoms with Crippen LogP contribution < -0.4 is 0 Å². The summed E-state index contributed by atoms with van der Waals surface area (Å²) in [6.45, 7) is 3.71. The van der Waals surface area contributed by atoms with E-state index in [1.807, 2.05) is 44.3 Å². The minimum absolute atomic E-state index is 0.0128. The minimum atomic E-state index is -0.102. The molecule has 1 aliphatic heterocycles. The number of ether oxygens (including phenoxy) is 1. The molecule has 0 fully saturated rings. The zero-order chi connectivity index (χ0) is 19.5. The molecule has 4 rings (SSSR count). The van der Waals surface area contributed by atoms with Crippen LogP contribution >= 0.6 is 0 Å². The largest absolute Gasteiger partial charge is 0.374 e. The van der Waals surface area contributed by atoms with Crippen LogP contribution in [0.4, 0.5) is 0 Å². The molecule has 0 saturated heterocycles. The molecule has 0 bridgehead atoms. The van der Waals surface area contributed by atoms with Crippen molar-refractivity contribution in [3.05, 3.63) is 71.1 Å². The van der Waals surface area contributed by atoms with Crippen molar-refractivity contribution in [1.29, 1.82) is 0 Å². The Morgan fingerprint density at radius 1 is 1.25 bits per heavy atom. The van der Waals surface area contributed by atoms with Gasteiger partial charge in [0.2, 0.25) is 0 Å². The lowest BCUT2D eigenvalue weighted by Gasteiger charge is -2.32. The summed E-state index contributed by atoms with van der Waals surface area (Å²) in [5.41, 5.74) is 3.96. The van der Waals surface area contributed by atoms with Gasteiger partial charge < -0.3 is 9.64 Å². The molecule has 3 aromatic rings. The first-order valence-corrected chi connectivity index (χ1v) is 9.21. The van der Waals surface area contributed by atoms with Gasteiger partial charge in [-0.15, -0.1) is 5.10 Å². The summed E-state index contributed by atoms with van der Waals surface area (Å²) in [7, 11) is 1.87. The van der Waals surface area contributed by atoms with Crippen molar-refractivity contribution < 1.29 is 9.53 Å². The molecule has 8 heteroatoms. The van der Waals surface area contributed by atoms with Crippen LogP contribution in [0.3, 0.4) is 0 Å². The molecule has 4 heterocycles. The van der Waals surface area contributed by atoms with Crippen LogP contribution in [0.2, 0.25) is 0 Å². The Bertz CT molecular complexity index is 972. The first-order chi connectivity index (χ1) is 13.6. The molecular weight excluding hydrogens is 356 g/mol. The van der Waals surface area contributed by atoms with Gasteiger partial charge in [0.05, 0.1) is 31.1 Å². The van der Waals surface area contributed by atoms with Gasteiger partial charge in [-0.05, 0) is 31.2 Å². The smallest absolute Gasteiger partial charge is 0.272 e. The molecule has 0 aliphatic carbocycles. The van der Waals surface area contributed by atoms with E-state index < -0.39 is 0 Å². The van der Waals surface area contributed by atoms with E-state index in [9.17, 15) is 4.79 Å². The van der Waals surface area contributed by atoms with Crippen LogP contribution in [-0.2, 0) is 24.9 Å². The SMILES string of the molecule is Cc1cccc(C(=O)N2Cc3nnn(C)c3[C@@H](COCc3ccccn3)C2)n1. The molecule has 0 radical (unpaired) electrons. The predicted molar refractivity (Wildman–Crippen MR) is 101 cm³/mol. The van der Waals surface area contributed by atoms with E-state index in [-0.39, 0.29) is 11.8 Å². The van der Waals surface area contributed by atoms with E-state index in [1.165, 1.54) is 0 Å². The van der Waals surface area contributed by atoms with Crippen LogP contribution in [0, 0.1) is 6.92 Å². The molecule has 8 nitrogen and oxygen atoms in total. The number of rotatable bonds is 5. The monoisotopic (exact) mass is 378 g/mol. The first kappa shape index (κ1) is 18.2. The molecule has 0 spiro atoms. The van der Waals surface area contributed by atoms with Gasteiger partial charge >= 0.3 is 0 Å². The van der Waals surface area contributed by atoms with Gasteiger partial charge in [-0.3, -0.25) is 14.5 Å². The Morgan fingerprint density at radius 3 is 2.93 bits per heavy atom. The van der Waals surface area contributed by atoms with Crippen molar-refractivity contribution in [2.45, 2.75) is 26.0 Å². The summed E-state index contributed by atoms with van der Waals surface area (Å²) in [6, 6.07) is 11.2. The second-order valence-corrected chi connectivity index (χ2v) is 6.93. The third-order valence-corrected chi connectivity index (χ3v) is 4.80. The molecule has 28 heavy (non-hydrogen) atoms. The third-order valence-electron chi connectivity index (χ3n) is 4.80. The zero-order valence-electron chi connectivity index (χ0n) is 15.9. The standard InChI is InChI=1S/C20H22N6O2/c1-14-6-5-8-17(22-14)20(27)26-10-15(19-18(11-26)23-24-25(19)2)12-28-13-16-7-3-4-9-21-16/h3-9,15H,10-13H2,1-2H3/t15-/m1/s1. The Hall–Kier alpha value is -3.13. The number of carbonyl (C=O) groups excluding carboxylic acids is 1. The maximum absolute atomic E-state index is 13.0. The molecule has 0 N–H and O–H groups in total. The van der Waals surface area contributed by atoms with Crippen LogP contribution in [-0.4, -0.2) is 48.9 Å². The van der Waals surface area contributed by atoms with E-state index in [0.717, 1.165) is 22.8 Å². The Kier molecular flexibility index (Phi) is 5.12. The average Bonchev–Trinajstić information content (AvgIpc) is 3.09. The van der Waals surface area contributed by atoms with Crippen LogP contribution in [0.15, 0.2) is 42.6 Å². The second kappa shape index (κ2) is 7.85. The summed E-state index contributed by atoms with van der Waals surface area (Å²) in [6.07, 6.45) is 1.75. The van der Waals surface area contributed by atoms with Crippen molar-refractivity contribution in [3.63, 3.8) is 0 Å². The first-order valence-electron chi connectivity index (χ1n) is 9.21. The topological polar surface area (TPSA) is 86.0 Å². The van der Waals surface area contributed by atoms with E-state index >= 15 is 0 Å². The van der Waals surface area contributed by atoms with Gasteiger partial charge in [0, 0.05) is 31.4 Å². The third kappa shape index (κ3) is 3.77. The number of fused-ring (bicyclic) bond motifs is 1. The van der Waals surface area contributed by atoms with Gasteiger partial charge in [0.15, 0.2) is 0 Å². The Morgan fingerprint density at radius 2 is 2.14 bits per heavy atom. The maximum Gasteiger partial charge on any atom is 0.272 e. The van der Waals surface area contributed by atoms with Crippen molar-refractivity contribution in [1.82, 2.24) is 29.9 Å². The fourth-order valence-electron chi connectivity index (χ4n) is 3.52. The summed E-state index contributed by atoms with van der Waals surface area (Å²) in [5.74, 6) is -0.115. The second-order valence-electron chi connectivity index (χ2n) is 6.93. The van der Waals surface area contributed by atoms with Gasteiger partial charge in [-0.2, -0.15) is 0 Å². The lowest BCUT2D eigenvalue weighted by atomic mass is 9.98. The van der Waals surface area contributed by atoms with E-state index in [1.54, 1.807) is 21.8 Å². The highest BCUT2D eigenvalue weighted by Gasteiger charge is 2.33. The predicted octanol–water partition coefficient (Wildman–Crippen LogP) is 1.87. The number of amides is 1. The van der Waals surface area contributed by atoms with E-state index in [4.69, 9.17) is 4.74 Å². The quantitative estimate of drug-likeness (QED) is 0.674. The maximum atomic E-state index is 13.0. The number of hydrogen-bond acceptors (Lipinski definition) is 6. The van der Waals surface area contributed by atoms with Crippen molar-refractivity contribution >= 4 is 5.91 Å². The average molecular weight is 378 g/mol. The van der Waals surface area contributed by atoms with E-state index in [0.29, 0.717) is 32.0 Å². The van der Waals surface area contributed by atoms with Crippen molar-refractivity contribution in [2.24, 2.45) is 7.05 Å². The van der Waals surface area contributed by atoms with Gasteiger partial charge in [0.1, 0.15) is 11.4 Å². The number of carbonyl (C=O) groups is 1. The molecule has 0 unspecified atom stereocenters. The van der Waals surface area contributed by atoms with Gasteiger partial charge in [0.25, 0.3) is 5.91 Å². The number of pyridine rings is 2. The highest BCUT2D eigenvalue weighted by Crippen LogP contribution is 2.28. The van der Waals surface area contributed by atoms with Crippen LogP contribution in [0.25, 0.3) is 0 Å².